The minimum absolute atomic E-state index is 0.0906. The van der Waals surface area contributed by atoms with Crippen molar-refractivity contribution in [1.29, 1.82) is 0 Å². The van der Waals surface area contributed by atoms with E-state index >= 15 is 0 Å². The van der Waals surface area contributed by atoms with E-state index in [1.807, 2.05) is 0 Å². The first-order chi connectivity index (χ1) is 36.1. The van der Waals surface area contributed by atoms with E-state index in [-0.39, 0.29) is 64.2 Å². The van der Waals surface area contributed by atoms with Crippen LogP contribution in [0.15, 0.2) is 0 Å². The number of Topliss-reactive ketones (excluding diaryl/α,β-unsaturated/α-hetero) is 1. The Kier molecular flexibility index (Phi) is 26.6. The molecule has 0 amide bonds. The molecule has 430 valence electrons. The third-order valence-corrected chi connectivity index (χ3v) is 11.8. The summed E-state index contributed by atoms with van der Waals surface area (Å²) in [4.78, 5) is 145. The van der Waals surface area contributed by atoms with Gasteiger partial charge in [0.1, 0.15) is 30.7 Å². The van der Waals surface area contributed by atoms with Crippen molar-refractivity contribution < 1.29 is 124 Å². The van der Waals surface area contributed by atoms with E-state index in [0.29, 0.717) is 0 Å². The highest BCUT2D eigenvalue weighted by Crippen LogP contribution is 2.44. The molecule has 0 aliphatic carbocycles. The molecule has 0 aromatic heterocycles. The van der Waals surface area contributed by atoms with Gasteiger partial charge in [-0.2, -0.15) is 0 Å². The summed E-state index contributed by atoms with van der Waals surface area (Å²) < 4.78 is 89.1. The number of rotatable bonds is 29. The number of ketones is 1. The molecule has 0 aromatic rings. The molecule has 14 unspecified atom stereocenters. The number of carbonyl (C=O) groups excluding carboxylic acids is 11. The molecule has 26 nitrogen and oxygen atoms in total. The second-order valence-electron chi connectivity index (χ2n) is 17.2. The van der Waals surface area contributed by atoms with E-state index in [1.54, 1.807) is 0 Å². The SMILES string of the molecule is CCC(=O)CC1C(OC2(OC(=O)CC)OC(OC(=O)CC)C(OC(=O)CC)C2OC(=O)CC)OC(COC2OC(COC(=O)CC)C(OC(=O)CC)C(OC(=O)CC)C2OC(=O)CC)C(OC(=O)CC)C1OC(=O)CC. The Hall–Kier alpha value is -5.83. The average molecular weight is 1090 g/mol. The summed E-state index contributed by atoms with van der Waals surface area (Å²) >= 11 is 0. The summed E-state index contributed by atoms with van der Waals surface area (Å²) in [5.41, 5.74) is 0. The molecular formula is C50H74O26. The Morgan fingerprint density at radius 3 is 1.25 bits per heavy atom. The Balaban J connectivity index is 2.41. The Morgan fingerprint density at radius 2 is 0.763 bits per heavy atom. The monoisotopic (exact) mass is 1090 g/mol. The van der Waals surface area contributed by atoms with Crippen molar-refractivity contribution >= 4 is 65.5 Å². The van der Waals surface area contributed by atoms with Crippen molar-refractivity contribution in [3.05, 3.63) is 0 Å². The highest BCUT2D eigenvalue weighted by atomic mass is 17.0. The molecule has 14 atom stereocenters. The molecule has 3 aliphatic rings. The first-order valence-electron chi connectivity index (χ1n) is 25.9. The summed E-state index contributed by atoms with van der Waals surface area (Å²) in [5.74, 6) is -14.1. The maximum Gasteiger partial charge on any atom is 0.378 e. The molecule has 26 heteroatoms. The third-order valence-electron chi connectivity index (χ3n) is 11.8. The van der Waals surface area contributed by atoms with Gasteiger partial charge in [-0.15, -0.1) is 0 Å². The maximum atomic E-state index is 13.6. The molecular weight excluding hydrogens is 1020 g/mol. The Morgan fingerprint density at radius 1 is 0.368 bits per heavy atom. The Bertz CT molecular complexity index is 2020. The molecule has 0 aromatic carbocycles. The summed E-state index contributed by atoms with van der Waals surface area (Å²) in [5, 5.41) is 0. The van der Waals surface area contributed by atoms with Crippen LogP contribution in [0.3, 0.4) is 0 Å². The highest BCUT2D eigenvalue weighted by molar-refractivity contribution is 5.79. The van der Waals surface area contributed by atoms with Gasteiger partial charge in [-0.05, 0) is 0 Å². The second kappa shape index (κ2) is 31.4. The van der Waals surface area contributed by atoms with Gasteiger partial charge in [-0.1, -0.05) is 76.2 Å². The van der Waals surface area contributed by atoms with Gasteiger partial charge in [-0.3, -0.25) is 62.2 Å². The van der Waals surface area contributed by atoms with Gasteiger partial charge in [0.15, 0.2) is 37.0 Å². The lowest BCUT2D eigenvalue weighted by Crippen LogP contribution is -2.65. The summed E-state index contributed by atoms with van der Waals surface area (Å²) in [7, 11) is 0. The van der Waals surface area contributed by atoms with E-state index in [4.69, 9.17) is 71.1 Å². The van der Waals surface area contributed by atoms with Gasteiger partial charge in [-0.25, -0.2) is 0 Å². The third kappa shape index (κ3) is 17.9. The number of carbonyl (C=O) groups is 11. The molecule has 3 fully saturated rings. The molecule has 3 heterocycles. The van der Waals surface area contributed by atoms with E-state index in [2.05, 4.69) is 0 Å². The van der Waals surface area contributed by atoms with E-state index < -0.39 is 177 Å². The molecule has 0 bridgehead atoms. The summed E-state index contributed by atoms with van der Waals surface area (Å²) in [6.45, 7) is 14.5. The molecule has 3 aliphatic heterocycles. The first-order valence-corrected chi connectivity index (χ1v) is 25.9. The topological polar surface area (TPSA) is 326 Å². The zero-order chi connectivity index (χ0) is 56.9. The van der Waals surface area contributed by atoms with Crippen molar-refractivity contribution in [3.63, 3.8) is 0 Å². The fraction of sp³-hybridized carbons (Fsp3) is 0.780. The van der Waals surface area contributed by atoms with Crippen LogP contribution in [0.5, 0.6) is 0 Å². The predicted molar refractivity (Wildman–Crippen MR) is 251 cm³/mol. The highest BCUT2D eigenvalue weighted by Gasteiger charge is 2.68. The predicted octanol–water partition coefficient (Wildman–Crippen LogP) is 3.58. The van der Waals surface area contributed by atoms with E-state index in [9.17, 15) is 52.7 Å². The quantitative estimate of drug-likeness (QED) is 0.0587. The minimum atomic E-state index is -3.10. The van der Waals surface area contributed by atoms with Crippen LogP contribution in [-0.4, -0.2) is 158 Å². The van der Waals surface area contributed by atoms with Crippen molar-refractivity contribution in [2.24, 2.45) is 5.92 Å². The molecule has 76 heavy (non-hydrogen) atoms. The summed E-state index contributed by atoms with van der Waals surface area (Å²) in [6.07, 6.45) is -24.9. The van der Waals surface area contributed by atoms with Crippen LogP contribution in [0.1, 0.15) is 153 Å². The van der Waals surface area contributed by atoms with Crippen LogP contribution in [0, 0.1) is 5.92 Å². The first kappa shape index (κ1) is 64.5. The van der Waals surface area contributed by atoms with Crippen molar-refractivity contribution in [1.82, 2.24) is 0 Å². The molecule has 0 N–H and O–H groups in total. The van der Waals surface area contributed by atoms with Gasteiger partial charge in [0.25, 0.3) is 0 Å². The number of ether oxygens (including phenoxy) is 15. The molecule has 3 rings (SSSR count). The summed E-state index contributed by atoms with van der Waals surface area (Å²) in [6, 6.07) is 0. The lowest BCUT2D eigenvalue weighted by molar-refractivity contribution is -0.445. The van der Waals surface area contributed by atoms with Crippen molar-refractivity contribution in [3.8, 4) is 0 Å². The molecule has 0 saturated carbocycles. The number of esters is 10. The standard InChI is InChI=1S/C50H74O26/c1-12-26(51)23-27-40(66-31(53)14-3)41(67-32(54)15-4)29(25-63-48-44(70-35(57)18-7)43(69-34(56)17-6)42(68-33(55)16-5)28(65-48)24-62-30(52)13-2)64-47(27)75-50(74-39(61)22-11)46(72-37(59)20-9)45(71-36(58)19-8)49(76-50)73-38(60)21-10/h27-29,40-49H,12-25H2,1-11H3. The van der Waals surface area contributed by atoms with Gasteiger partial charge in [0.05, 0.1) is 12.5 Å². The van der Waals surface area contributed by atoms with Crippen LogP contribution in [0.25, 0.3) is 0 Å². The van der Waals surface area contributed by atoms with Crippen LogP contribution in [-0.2, 0) is 124 Å². The van der Waals surface area contributed by atoms with Gasteiger partial charge in [0, 0.05) is 77.0 Å². The maximum absolute atomic E-state index is 13.6. The zero-order valence-corrected chi connectivity index (χ0v) is 45.0. The fourth-order valence-electron chi connectivity index (χ4n) is 7.57. The number of hydrogen-bond donors (Lipinski definition) is 0. The lowest BCUT2D eigenvalue weighted by Gasteiger charge is -2.48. The Labute approximate surface area is 440 Å². The van der Waals surface area contributed by atoms with Gasteiger partial charge < -0.3 is 61.6 Å². The smallest absolute Gasteiger partial charge is 0.378 e. The van der Waals surface area contributed by atoms with Crippen LogP contribution in [0.4, 0.5) is 0 Å². The van der Waals surface area contributed by atoms with Crippen LogP contribution < -0.4 is 0 Å². The van der Waals surface area contributed by atoms with E-state index in [1.165, 1.54) is 76.2 Å². The molecule has 3 saturated heterocycles. The lowest BCUT2D eigenvalue weighted by atomic mass is 9.86. The van der Waals surface area contributed by atoms with Crippen molar-refractivity contribution in [2.45, 2.75) is 233 Å². The minimum Gasteiger partial charge on any atom is -0.463 e. The van der Waals surface area contributed by atoms with E-state index in [0.717, 1.165) is 0 Å². The van der Waals surface area contributed by atoms with Gasteiger partial charge in [0.2, 0.25) is 18.5 Å². The number of hydrogen-bond acceptors (Lipinski definition) is 26. The normalized spacial score (nSPS) is 28.9. The van der Waals surface area contributed by atoms with Crippen LogP contribution >= 0.6 is 0 Å². The van der Waals surface area contributed by atoms with Crippen LogP contribution in [0.2, 0.25) is 0 Å². The largest absolute Gasteiger partial charge is 0.463 e. The fourth-order valence-corrected chi connectivity index (χ4v) is 7.57. The van der Waals surface area contributed by atoms with Gasteiger partial charge >= 0.3 is 65.7 Å². The molecule has 0 spiro atoms. The average Bonchev–Trinajstić information content (AvgIpc) is 3.67. The zero-order valence-electron chi connectivity index (χ0n) is 45.0. The molecule has 0 radical (unpaired) electrons. The van der Waals surface area contributed by atoms with Crippen molar-refractivity contribution in [2.75, 3.05) is 13.2 Å². The second-order valence-corrected chi connectivity index (χ2v) is 17.2.